The minimum absolute atomic E-state index is 0.184. The van der Waals surface area contributed by atoms with E-state index in [-0.39, 0.29) is 13.3 Å². The van der Waals surface area contributed by atoms with E-state index in [1.54, 1.807) is 42.5 Å². The molecule has 0 aliphatic carbocycles. The molecule has 1 atom stereocenters. The SMILES string of the molecule is C[C@@H](OC(=O)c1cc(-c2ccco2)nc2ccccc12)C(=O)NCc1ccc2c(c1)OCO2. The van der Waals surface area contributed by atoms with Crippen molar-refractivity contribution in [2.75, 3.05) is 6.79 Å². The molecule has 0 fully saturated rings. The maximum absolute atomic E-state index is 13.0. The lowest BCUT2D eigenvalue weighted by Crippen LogP contribution is -2.35. The molecule has 3 heterocycles. The molecule has 0 bridgehead atoms. The van der Waals surface area contributed by atoms with Crippen LogP contribution in [0.5, 0.6) is 11.5 Å². The molecular formula is C25H20N2O6. The highest BCUT2D eigenvalue weighted by Crippen LogP contribution is 2.32. The van der Waals surface area contributed by atoms with Crippen LogP contribution in [0.4, 0.5) is 0 Å². The Morgan fingerprint density at radius 2 is 1.91 bits per heavy atom. The summed E-state index contributed by atoms with van der Waals surface area (Å²) in [5.74, 6) is 0.811. The van der Waals surface area contributed by atoms with Crippen molar-refractivity contribution in [1.29, 1.82) is 0 Å². The van der Waals surface area contributed by atoms with Gasteiger partial charge in [0.25, 0.3) is 5.91 Å². The zero-order valence-corrected chi connectivity index (χ0v) is 17.7. The van der Waals surface area contributed by atoms with Gasteiger partial charge in [0.15, 0.2) is 23.4 Å². The molecule has 1 aliphatic heterocycles. The second-order valence-electron chi connectivity index (χ2n) is 7.50. The van der Waals surface area contributed by atoms with Gasteiger partial charge in [0.2, 0.25) is 6.79 Å². The van der Waals surface area contributed by atoms with Crippen molar-refractivity contribution in [3.63, 3.8) is 0 Å². The van der Waals surface area contributed by atoms with Crippen LogP contribution in [-0.2, 0) is 16.1 Å². The summed E-state index contributed by atoms with van der Waals surface area (Å²) in [4.78, 5) is 30.1. The van der Waals surface area contributed by atoms with Crippen LogP contribution in [0.2, 0.25) is 0 Å². The molecule has 5 rings (SSSR count). The largest absolute Gasteiger partial charge is 0.463 e. The lowest BCUT2D eigenvalue weighted by molar-refractivity contribution is -0.129. The van der Waals surface area contributed by atoms with Crippen LogP contribution in [-0.4, -0.2) is 29.8 Å². The first-order chi connectivity index (χ1) is 16.1. The summed E-state index contributed by atoms with van der Waals surface area (Å²) in [6.07, 6.45) is 0.544. The second-order valence-corrected chi connectivity index (χ2v) is 7.50. The molecular weight excluding hydrogens is 424 g/mol. The Kier molecular flexibility index (Phi) is 5.40. The van der Waals surface area contributed by atoms with E-state index >= 15 is 0 Å². The fraction of sp³-hybridized carbons (Fsp3) is 0.160. The molecule has 1 aliphatic rings. The van der Waals surface area contributed by atoms with E-state index in [0.717, 1.165) is 5.56 Å². The standard InChI is InChI=1S/C25H20N2O6/c1-15(24(28)26-13-16-8-9-22-23(11-16)32-14-31-22)33-25(29)18-12-20(21-7-4-10-30-21)27-19-6-3-2-5-17(18)19/h2-12,15H,13-14H2,1H3,(H,26,28)/t15-/m1/s1. The lowest BCUT2D eigenvalue weighted by atomic mass is 10.1. The van der Waals surface area contributed by atoms with Crippen LogP contribution >= 0.6 is 0 Å². The van der Waals surface area contributed by atoms with Gasteiger partial charge >= 0.3 is 5.97 Å². The van der Waals surface area contributed by atoms with Crippen molar-refractivity contribution in [2.45, 2.75) is 19.6 Å². The second kappa shape index (κ2) is 8.66. The van der Waals surface area contributed by atoms with Crippen LogP contribution in [0.25, 0.3) is 22.4 Å². The van der Waals surface area contributed by atoms with Crippen molar-refractivity contribution in [1.82, 2.24) is 10.3 Å². The number of hydrogen-bond donors (Lipinski definition) is 1. The summed E-state index contributed by atoms with van der Waals surface area (Å²) in [5.41, 5.74) is 2.28. The Balaban J connectivity index is 1.30. The summed E-state index contributed by atoms with van der Waals surface area (Å²) in [6, 6.07) is 17.8. The maximum atomic E-state index is 13.0. The Labute approximate surface area is 189 Å². The number of pyridine rings is 1. The Morgan fingerprint density at radius 1 is 1.06 bits per heavy atom. The third-order valence-electron chi connectivity index (χ3n) is 5.27. The predicted molar refractivity (Wildman–Crippen MR) is 119 cm³/mol. The maximum Gasteiger partial charge on any atom is 0.339 e. The number of para-hydroxylation sites is 1. The topological polar surface area (TPSA) is 99.9 Å². The highest BCUT2D eigenvalue weighted by Gasteiger charge is 2.22. The highest BCUT2D eigenvalue weighted by atomic mass is 16.7. The monoisotopic (exact) mass is 444 g/mol. The molecule has 0 saturated heterocycles. The molecule has 0 saturated carbocycles. The fourth-order valence-corrected chi connectivity index (χ4v) is 3.56. The molecule has 4 aromatic rings. The Hall–Kier alpha value is -4.33. The van der Waals surface area contributed by atoms with Crippen molar-refractivity contribution in [3.8, 4) is 23.0 Å². The molecule has 0 radical (unpaired) electrons. The summed E-state index contributed by atoms with van der Waals surface area (Å²) in [6.45, 7) is 1.98. The van der Waals surface area contributed by atoms with E-state index in [9.17, 15) is 9.59 Å². The number of fused-ring (bicyclic) bond motifs is 2. The normalized spacial score (nSPS) is 13.0. The van der Waals surface area contributed by atoms with Gasteiger partial charge in [-0.25, -0.2) is 9.78 Å². The molecule has 0 unspecified atom stereocenters. The predicted octanol–water partition coefficient (Wildman–Crippen LogP) is 4.09. The first-order valence-corrected chi connectivity index (χ1v) is 10.4. The number of esters is 1. The molecule has 8 heteroatoms. The minimum Gasteiger partial charge on any atom is -0.463 e. The number of amides is 1. The van der Waals surface area contributed by atoms with Gasteiger partial charge in [0.05, 0.1) is 17.3 Å². The number of carbonyl (C=O) groups is 2. The summed E-state index contributed by atoms with van der Waals surface area (Å²) < 4.78 is 21.6. The van der Waals surface area contributed by atoms with E-state index in [2.05, 4.69) is 10.3 Å². The number of rotatable bonds is 6. The number of benzene rings is 2. The molecule has 1 amide bonds. The van der Waals surface area contributed by atoms with Crippen LogP contribution in [0.1, 0.15) is 22.8 Å². The van der Waals surface area contributed by atoms with E-state index in [0.29, 0.717) is 39.4 Å². The van der Waals surface area contributed by atoms with Gasteiger partial charge in [-0.2, -0.15) is 0 Å². The van der Waals surface area contributed by atoms with Gasteiger partial charge in [-0.05, 0) is 48.9 Å². The lowest BCUT2D eigenvalue weighted by Gasteiger charge is -2.15. The number of hydrogen-bond acceptors (Lipinski definition) is 7. The third-order valence-corrected chi connectivity index (χ3v) is 5.27. The molecule has 8 nitrogen and oxygen atoms in total. The van der Waals surface area contributed by atoms with E-state index < -0.39 is 18.0 Å². The molecule has 166 valence electrons. The molecule has 0 spiro atoms. The van der Waals surface area contributed by atoms with Crippen molar-refractivity contribution in [2.24, 2.45) is 0 Å². The number of aromatic nitrogens is 1. The van der Waals surface area contributed by atoms with Crippen molar-refractivity contribution in [3.05, 3.63) is 78.1 Å². The zero-order chi connectivity index (χ0) is 22.8. The minimum atomic E-state index is -0.995. The van der Waals surface area contributed by atoms with E-state index in [1.807, 2.05) is 18.2 Å². The average Bonchev–Trinajstić information content (AvgIpc) is 3.53. The molecule has 1 N–H and O–H groups in total. The Bertz CT molecular complexity index is 1330. The third kappa shape index (κ3) is 4.23. The van der Waals surface area contributed by atoms with Gasteiger partial charge in [-0.3, -0.25) is 4.79 Å². The average molecular weight is 444 g/mol. The van der Waals surface area contributed by atoms with Gasteiger partial charge < -0.3 is 23.9 Å². The molecule has 2 aromatic heterocycles. The molecule has 2 aromatic carbocycles. The number of nitrogens with one attached hydrogen (secondary N) is 1. The quantitative estimate of drug-likeness (QED) is 0.447. The van der Waals surface area contributed by atoms with Gasteiger partial charge in [0.1, 0.15) is 5.69 Å². The number of carbonyl (C=O) groups excluding carboxylic acids is 2. The number of ether oxygens (including phenoxy) is 3. The summed E-state index contributed by atoms with van der Waals surface area (Å²) >= 11 is 0. The van der Waals surface area contributed by atoms with Gasteiger partial charge in [-0.1, -0.05) is 24.3 Å². The van der Waals surface area contributed by atoms with Crippen molar-refractivity contribution >= 4 is 22.8 Å². The summed E-state index contributed by atoms with van der Waals surface area (Å²) in [7, 11) is 0. The van der Waals surface area contributed by atoms with Crippen LogP contribution in [0.15, 0.2) is 71.3 Å². The zero-order valence-electron chi connectivity index (χ0n) is 17.7. The Morgan fingerprint density at radius 3 is 2.76 bits per heavy atom. The van der Waals surface area contributed by atoms with Gasteiger partial charge in [0, 0.05) is 11.9 Å². The van der Waals surface area contributed by atoms with Crippen molar-refractivity contribution < 1.29 is 28.2 Å². The van der Waals surface area contributed by atoms with E-state index in [1.165, 1.54) is 13.2 Å². The first-order valence-electron chi connectivity index (χ1n) is 10.4. The van der Waals surface area contributed by atoms with Crippen LogP contribution < -0.4 is 14.8 Å². The number of furan rings is 1. The highest BCUT2D eigenvalue weighted by molar-refractivity contribution is 6.05. The molecule has 33 heavy (non-hydrogen) atoms. The van der Waals surface area contributed by atoms with Crippen LogP contribution in [0.3, 0.4) is 0 Å². The van der Waals surface area contributed by atoms with E-state index in [4.69, 9.17) is 18.6 Å². The number of nitrogens with zero attached hydrogens (tertiary/aromatic N) is 1. The fourth-order valence-electron chi connectivity index (χ4n) is 3.56. The smallest absolute Gasteiger partial charge is 0.339 e. The van der Waals surface area contributed by atoms with Crippen LogP contribution in [0, 0.1) is 0 Å². The first kappa shape index (κ1) is 20.6. The van der Waals surface area contributed by atoms with Gasteiger partial charge in [-0.15, -0.1) is 0 Å². The summed E-state index contributed by atoms with van der Waals surface area (Å²) in [5, 5.41) is 3.41.